The summed E-state index contributed by atoms with van der Waals surface area (Å²) in [6, 6.07) is -0.271. The minimum absolute atomic E-state index is 0.0712. The first-order valence-electron chi connectivity index (χ1n) is 10.9. The maximum absolute atomic E-state index is 13.0. The summed E-state index contributed by atoms with van der Waals surface area (Å²) in [6.07, 6.45) is 0.0491. The van der Waals surface area contributed by atoms with Gasteiger partial charge >= 0.3 is 17.9 Å². The van der Waals surface area contributed by atoms with Crippen molar-refractivity contribution >= 4 is 17.9 Å². The number of carbonyl (C=O) groups is 3. The molecular weight excluding hydrogens is 406 g/mol. The SMILES string of the molecule is CC(C)C1(O)CC(=O)OC(C)C(O)(C(C)C)C(=O)OCC2=CCN3CCC(OC1=O)C23. The van der Waals surface area contributed by atoms with Crippen LogP contribution in [-0.2, 0) is 28.6 Å². The number of carbonyl (C=O) groups excluding carboxylic acids is 3. The Hall–Kier alpha value is -1.97. The van der Waals surface area contributed by atoms with Gasteiger partial charge in [-0.15, -0.1) is 0 Å². The van der Waals surface area contributed by atoms with Crippen molar-refractivity contribution < 1.29 is 38.8 Å². The van der Waals surface area contributed by atoms with E-state index in [-0.39, 0.29) is 12.6 Å². The number of rotatable bonds is 2. The predicted molar refractivity (Wildman–Crippen MR) is 109 cm³/mol. The molecule has 174 valence electrons. The first-order chi connectivity index (χ1) is 14.4. The highest BCUT2D eigenvalue weighted by molar-refractivity contribution is 5.87. The Balaban J connectivity index is 1.98. The third-order valence-electron chi connectivity index (χ3n) is 6.90. The highest BCUT2D eigenvalue weighted by atomic mass is 16.6. The molecule has 0 saturated carbocycles. The Labute approximate surface area is 182 Å². The van der Waals surface area contributed by atoms with Crippen LogP contribution in [0.25, 0.3) is 0 Å². The summed E-state index contributed by atoms with van der Waals surface area (Å²) >= 11 is 0. The van der Waals surface area contributed by atoms with Crippen molar-refractivity contribution in [3.05, 3.63) is 11.6 Å². The lowest BCUT2D eigenvalue weighted by molar-refractivity contribution is -0.199. The van der Waals surface area contributed by atoms with Gasteiger partial charge in [0.1, 0.15) is 18.8 Å². The molecule has 0 aromatic rings. The second-order valence-electron chi connectivity index (χ2n) is 9.40. The van der Waals surface area contributed by atoms with Crippen LogP contribution < -0.4 is 0 Å². The average molecular weight is 440 g/mol. The Kier molecular flexibility index (Phi) is 6.51. The summed E-state index contributed by atoms with van der Waals surface area (Å²) in [6.45, 7) is 9.12. The summed E-state index contributed by atoms with van der Waals surface area (Å²) in [5.74, 6) is -3.92. The molecule has 3 rings (SSSR count). The molecule has 5 atom stereocenters. The minimum atomic E-state index is -2.09. The maximum atomic E-state index is 13.0. The topological polar surface area (TPSA) is 123 Å². The Morgan fingerprint density at radius 2 is 1.74 bits per heavy atom. The summed E-state index contributed by atoms with van der Waals surface area (Å²) in [5, 5.41) is 22.2. The smallest absolute Gasteiger partial charge is 0.342 e. The van der Waals surface area contributed by atoms with Crippen LogP contribution in [0, 0.1) is 11.8 Å². The van der Waals surface area contributed by atoms with Gasteiger partial charge in [0.2, 0.25) is 5.60 Å². The summed E-state index contributed by atoms with van der Waals surface area (Å²) < 4.78 is 16.4. The van der Waals surface area contributed by atoms with E-state index in [4.69, 9.17) is 14.2 Å². The van der Waals surface area contributed by atoms with E-state index in [2.05, 4.69) is 4.90 Å². The third kappa shape index (κ3) is 4.10. The van der Waals surface area contributed by atoms with Gasteiger partial charge in [-0.2, -0.15) is 0 Å². The van der Waals surface area contributed by atoms with Gasteiger partial charge in [0.05, 0.1) is 12.5 Å². The van der Waals surface area contributed by atoms with Crippen molar-refractivity contribution in [2.45, 2.75) is 76.9 Å². The Morgan fingerprint density at radius 1 is 1.06 bits per heavy atom. The molecule has 0 amide bonds. The third-order valence-corrected chi connectivity index (χ3v) is 6.90. The highest BCUT2D eigenvalue weighted by Crippen LogP contribution is 2.35. The Bertz CT molecular complexity index is 777. The van der Waals surface area contributed by atoms with E-state index in [9.17, 15) is 24.6 Å². The van der Waals surface area contributed by atoms with E-state index in [1.165, 1.54) is 6.92 Å². The van der Waals surface area contributed by atoms with Crippen molar-refractivity contribution in [2.24, 2.45) is 11.8 Å². The zero-order chi connectivity index (χ0) is 23.1. The molecular formula is C22H33NO8. The standard InChI is InChI=1S/C22H33NO8/c1-12(2)21(27)10-17(24)30-14(5)22(28,13(3)4)20(26)29-11-15-6-8-23-9-7-16(18(15)23)31-19(21)25/h6,12-14,16,18,27-28H,7-11H2,1-5H3. The molecule has 3 heterocycles. The van der Waals surface area contributed by atoms with Crippen LogP contribution in [0.3, 0.4) is 0 Å². The second-order valence-corrected chi connectivity index (χ2v) is 9.40. The molecule has 3 aliphatic heterocycles. The van der Waals surface area contributed by atoms with Gasteiger partial charge < -0.3 is 24.4 Å². The molecule has 3 aliphatic rings. The monoisotopic (exact) mass is 439 g/mol. The molecule has 0 aromatic heterocycles. The number of aliphatic hydroxyl groups is 2. The highest BCUT2D eigenvalue weighted by Gasteiger charge is 2.52. The summed E-state index contributed by atoms with van der Waals surface area (Å²) in [5.41, 5.74) is -3.39. The molecule has 0 aliphatic carbocycles. The fraction of sp³-hybridized carbons (Fsp3) is 0.773. The number of cyclic esters (lactones) is 2. The van der Waals surface area contributed by atoms with Gasteiger partial charge in [-0.05, 0) is 30.8 Å². The number of esters is 3. The van der Waals surface area contributed by atoms with E-state index >= 15 is 0 Å². The average Bonchev–Trinajstić information content (AvgIpc) is 3.27. The lowest BCUT2D eigenvalue weighted by atomic mass is 9.84. The van der Waals surface area contributed by atoms with E-state index in [1.807, 2.05) is 6.08 Å². The van der Waals surface area contributed by atoms with Crippen LogP contribution in [-0.4, -0.2) is 82.2 Å². The van der Waals surface area contributed by atoms with Crippen molar-refractivity contribution in [1.82, 2.24) is 4.90 Å². The van der Waals surface area contributed by atoms with E-state index < -0.39 is 59.6 Å². The minimum Gasteiger partial charge on any atom is -0.459 e. The molecule has 0 aromatic carbocycles. The van der Waals surface area contributed by atoms with E-state index in [1.54, 1.807) is 27.7 Å². The molecule has 2 saturated heterocycles. The van der Waals surface area contributed by atoms with Crippen molar-refractivity contribution in [2.75, 3.05) is 19.7 Å². The van der Waals surface area contributed by atoms with Gasteiger partial charge in [-0.25, -0.2) is 9.59 Å². The van der Waals surface area contributed by atoms with Gasteiger partial charge in [0.15, 0.2) is 5.60 Å². The van der Waals surface area contributed by atoms with Crippen LogP contribution in [0.1, 0.15) is 47.5 Å². The second kappa shape index (κ2) is 8.52. The number of hydrogen-bond donors (Lipinski definition) is 2. The van der Waals surface area contributed by atoms with E-state index in [0.717, 1.165) is 5.57 Å². The van der Waals surface area contributed by atoms with Crippen molar-refractivity contribution in [3.8, 4) is 0 Å². The summed E-state index contributed by atoms with van der Waals surface area (Å²) in [7, 11) is 0. The lowest BCUT2D eigenvalue weighted by Crippen LogP contribution is -2.56. The van der Waals surface area contributed by atoms with E-state index in [0.29, 0.717) is 19.5 Å². The van der Waals surface area contributed by atoms with Crippen LogP contribution >= 0.6 is 0 Å². The largest absolute Gasteiger partial charge is 0.459 e. The fourth-order valence-corrected chi connectivity index (χ4v) is 4.56. The zero-order valence-electron chi connectivity index (χ0n) is 18.8. The lowest BCUT2D eigenvalue weighted by Gasteiger charge is -2.37. The van der Waals surface area contributed by atoms with Gasteiger partial charge in [0.25, 0.3) is 0 Å². The normalized spacial score (nSPS) is 37.8. The number of hydrogen-bond acceptors (Lipinski definition) is 9. The molecule has 9 heteroatoms. The van der Waals surface area contributed by atoms with Crippen LogP contribution in [0.15, 0.2) is 11.6 Å². The maximum Gasteiger partial charge on any atom is 0.342 e. The quantitative estimate of drug-likeness (QED) is 0.361. The fourth-order valence-electron chi connectivity index (χ4n) is 4.56. The van der Waals surface area contributed by atoms with Crippen molar-refractivity contribution in [3.63, 3.8) is 0 Å². The molecule has 2 N–H and O–H groups in total. The first kappa shape index (κ1) is 23.7. The first-order valence-corrected chi connectivity index (χ1v) is 10.9. The zero-order valence-corrected chi connectivity index (χ0v) is 18.8. The molecule has 2 fully saturated rings. The van der Waals surface area contributed by atoms with Crippen LogP contribution in [0.2, 0.25) is 0 Å². The summed E-state index contributed by atoms with van der Waals surface area (Å²) in [4.78, 5) is 40.6. The number of ether oxygens (including phenoxy) is 3. The van der Waals surface area contributed by atoms with Crippen LogP contribution in [0.5, 0.6) is 0 Å². The molecule has 5 unspecified atom stereocenters. The predicted octanol–water partition coefficient (Wildman–Crippen LogP) is 0.565. The van der Waals surface area contributed by atoms with Gasteiger partial charge in [0, 0.05) is 13.1 Å². The van der Waals surface area contributed by atoms with Crippen LogP contribution in [0.4, 0.5) is 0 Å². The molecule has 0 spiro atoms. The molecule has 0 bridgehead atoms. The van der Waals surface area contributed by atoms with Crippen molar-refractivity contribution in [1.29, 1.82) is 0 Å². The molecule has 0 radical (unpaired) electrons. The Morgan fingerprint density at radius 3 is 2.35 bits per heavy atom. The van der Waals surface area contributed by atoms with Gasteiger partial charge in [-0.3, -0.25) is 9.69 Å². The molecule has 9 nitrogen and oxygen atoms in total. The van der Waals surface area contributed by atoms with Gasteiger partial charge in [-0.1, -0.05) is 33.8 Å². The molecule has 31 heavy (non-hydrogen) atoms. The number of nitrogens with zero attached hydrogens (tertiary/aromatic N) is 1.